The van der Waals surface area contributed by atoms with Crippen LogP contribution in [0.5, 0.6) is 0 Å². The van der Waals surface area contributed by atoms with E-state index < -0.39 is 0 Å². The van der Waals surface area contributed by atoms with Gasteiger partial charge in [0.25, 0.3) is 11.6 Å². The highest BCUT2D eigenvalue weighted by Crippen LogP contribution is 2.41. The lowest BCUT2D eigenvalue weighted by Gasteiger charge is -2.09. The molecule has 0 radical (unpaired) electrons. The zero-order valence-electron chi connectivity index (χ0n) is 15.8. The molecule has 1 saturated carbocycles. The maximum atomic E-state index is 13.4. The van der Waals surface area contributed by atoms with Gasteiger partial charge in [0.05, 0.1) is 10.9 Å². The number of rotatable bonds is 4. The first-order chi connectivity index (χ1) is 14.1. The average Bonchev–Trinajstić information content (AvgIpc) is 3.47. The summed E-state index contributed by atoms with van der Waals surface area (Å²) in [7, 11) is 0. The molecular formula is C23H18FN3O2. The molecular weight excluding hydrogens is 369 g/mol. The molecule has 0 aliphatic heterocycles. The lowest BCUT2D eigenvalue weighted by Crippen LogP contribution is -2.13. The van der Waals surface area contributed by atoms with Crippen molar-refractivity contribution in [2.45, 2.75) is 25.7 Å². The SMILES string of the molecule is Cc1cccc(NC(=O)c2cc(C3CC3)nc3onc(-c4ccc(F)cc4)c23)c1. The highest BCUT2D eigenvalue weighted by atomic mass is 19.1. The van der Waals surface area contributed by atoms with Crippen molar-refractivity contribution in [2.75, 3.05) is 5.32 Å². The molecule has 1 N–H and O–H groups in total. The zero-order valence-corrected chi connectivity index (χ0v) is 15.8. The van der Waals surface area contributed by atoms with Gasteiger partial charge in [-0.25, -0.2) is 9.37 Å². The van der Waals surface area contributed by atoms with Crippen LogP contribution in [-0.2, 0) is 0 Å². The van der Waals surface area contributed by atoms with Crippen LogP contribution in [0.3, 0.4) is 0 Å². The Morgan fingerprint density at radius 3 is 2.66 bits per heavy atom. The number of fused-ring (bicyclic) bond motifs is 1. The van der Waals surface area contributed by atoms with E-state index in [9.17, 15) is 9.18 Å². The second kappa shape index (κ2) is 6.81. The first-order valence-corrected chi connectivity index (χ1v) is 9.53. The Hall–Kier alpha value is -3.54. The fourth-order valence-electron chi connectivity index (χ4n) is 3.46. The summed E-state index contributed by atoms with van der Waals surface area (Å²) >= 11 is 0. The van der Waals surface area contributed by atoms with E-state index in [2.05, 4.69) is 15.5 Å². The number of hydrogen-bond donors (Lipinski definition) is 1. The maximum Gasteiger partial charge on any atom is 0.259 e. The molecule has 6 heteroatoms. The van der Waals surface area contributed by atoms with Crippen molar-refractivity contribution in [2.24, 2.45) is 0 Å². The molecule has 2 aromatic carbocycles. The van der Waals surface area contributed by atoms with Crippen molar-refractivity contribution in [3.63, 3.8) is 0 Å². The third-order valence-electron chi connectivity index (χ3n) is 5.10. The first-order valence-electron chi connectivity index (χ1n) is 9.53. The summed E-state index contributed by atoms with van der Waals surface area (Å²) in [6.45, 7) is 1.97. The Balaban J connectivity index is 1.64. The quantitative estimate of drug-likeness (QED) is 0.504. The molecule has 1 amide bonds. The summed E-state index contributed by atoms with van der Waals surface area (Å²) in [5.74, 6) is -0.242. The minimum Gasteiger partial charge on any atom is -0.335 e. The minimum absolute atomic E-state index is 0.253. The van der Waals surface area contributed by atoms with Crippen LogP contribution in [0.1, 0.15) is 40.4 Å². The highest BCUT2D eigenvalue weighted by Gasteiger charge is 2.29. The zero-order chi connectivity index (χ0) is 20.0. The summed E-state index contributed by atoms with van der Waals surface area (Å²) in [6.07, 6.45) is 2.10. The van der Waals surface area contributed by atoms with Gasteiger partial charge in [-0.3, -0.25) is 4.79 Å². The lowest BCUT2D eigenvalue weighted by atomic mass is 10.0. The van der Waals surface area contributed by atoms with E-state index in [1.54, 1.807) is 12.1 Å². The number of nitrogens with zero attached hydrogens (tertiary/aromatic N) is 2. The summed E-state index contributed by atoms with van der Waals surface area (Å²) in [4.78, 5) is 17.8. The molecule has 144 valence electrons. The lowest BCUT2D eigenvalue weighted by molar-refractivity contribution is 0.102. The molecule has 1 aliphatic carbocycles. The number of benzene rings is 2. The summed E-state index contributed by atoms with van der Waals surface area (Å²) in [6, 6.07) is 15.4. The van der Waals surface area contributed by atoms with E-state index >= 15 is 0 Å². The number of carbonyl (C=O) groups is 1. The van der Waals surface area contributed by atoms with Gasteiger partial charge in [0.2, 0.25) is 0 Å². The molecule has 5 rings (SSSR count). The Bertz CT molecular complexity index is 1230. The van der Waals surface area contributed by atoms with Gasteiger partial charge in [0.1, 0.15) is 11.5 Å². The van der Waals surface area contributed by atoms with Crippen LogP contribution < -0.4 is 5.32 Å². The van der Waals surface area contributed by atoms with Crippen LogP contribution in [-0.4, -0.2) is 16.0 Å². The van der Waals surface area contributed by atoms with Crippen LogP contribution in [0.4, 0.5) is 10.1 Å². The summed E-state index contributed by atoms with van der Waals surface area (Å²) in [5, 5.41) is 7.63. The van der Waals surface area contributed by atoms with Gasteiger partial charge in [0, 0.05) is 22.9 Å². The second-order valence-electron chi connectivity index (χ2n) is 7.41. The third-order valence-corrected chi connectivity index (χ3v) is 5.10. The van der Waals surface area contributed by atoms with Crippen molar-refractivity contribution in [1.82, 2.24) is 10.1 Å². The smallest absolute Gasteiger partial charge is 0.259 e. The predicted octanol–water partition coefficient (Wildman–Crippen LogP) is 5.47. The summed E-state index contributed by atoms with van der Waals surface area (Å²) < 4.78 is 18.8. The molecule has 2 heterocycles. The van der Waals surface area contributed by atoms with Crippen molar-refractivity contribution in [3.8, 4) is 11.3 Å². The van der Waals surface area contributed by atoms with E-state index in [0.29, 0.717) is 39.5 Å². The maximum absolute atomic E-state index is 13.4. The molecule has 2 aromatic heterocycles. The second-order valence-corrected chi connectivity index (χ2v) is 7.41. The normalized spacial score (nSPS) is 13.6. The van der Waals surface area contributed by atoms with Gasteiger partial charge in [-0.15, -0.1) is 0 Å². The Labute approximate surface area is 166 Å². The van der Waals surface area contributed by atoms with E-state index in [4.69, 9.17) is 4.52 Å². The minimum atomic E-state index is -0.340. The Morgan fingerprint density at radius 1 is 1.14 bits per heavy atom. The molecule has 4 aromatic rings. The Kier molecular flexibility index (Phi) is 4.12. The van der Waals surface area contributed by atoms with Crippen LogP contribution in [0.2, 0.25) is 0 Å². The van der Waals surface area contributed by atoms with E-state index in [-0.39, 0.29) is 11.7 Å². The van der Waals surface area contributed by atoms with Gasteiger partial charge in [-0.05, 0) is 67.8 Å². The van der Waals surface area contributed by atoms with Crippen LogP contribution >= 0.6 is 0 Å². The van der Waals surface area contributed by atoms with Gasteiger partial charge in [-0.2, -0.15) is 0 Å². The van der Waals surface area contributed by atoms with E-state index in [1.165, 1.54) is 12.1 Å². The molecule has 1 fully saturated rings. The van der Waals surface area contributed by atoms with Crippen molar-refractivity contribution in [1.29, 1.82) is 0 Å². The van der Waals surface area contributed by atoms with Crippen molar-refractivity contribution in [3.05, 3.63) is 77.2 Å². The van der Waals surface area contributed by atoms with Crippen LogP contribution in [0.15, 0.2) is 59.1 Å². The Morgan fingerprint density at radius 2 is 1.93 bits per heavy atom. The standard InChI is InChI=1S/C23H18FN3O2/c1-13-3-2-4-17(11-13)25-22(28)18-12-19(14-5-6-14)26-23-20(18)21(27-29-23)15-7-9-16(24)10-8-15/h2-4,7-12,14H,5-6H2,1H3,(H,25,28). The number of carbonyl (C=O) groups excluding carboxylic acids is 1. The van der Waals surface area contributed by atoms with Gasteiger partial charge >= 0.3 is 0 Å². The number of hydrogen-bond acceptors (Lipinski definition) is 4. The largest absolute Gasteiger partial charge is 0.335 e. The average molecular weight is 387 g/mol. The molecule has 0 bridgehead atoms. The highest BCUT2D eigenvalue weighted by molar-refractivity contribution is 6.14. The van der Waals surface area contributed by atoms with Crippen LogP contribution in [0, 0.1) is 12.7 Å². The number of amides is 1. The fourth-order valence-corrected chi connectivity index (χ4v) is 3.46. The number of aryl methyl sites for hydroxylation is 1. The summed E-state index contributed by atoms with van der Waals surface area (Å²) in [5.41, 5.74) is 4.53. The molecule has 29 heavy (non-hydrogen) atoms. The van der Waals surface area contributed by atoms with Gasteiger partial charge in [-0.1, -0.05) is 17.3 Å². The molecule has 0 unspecified atom stereocenters. The fraction of sp³-hybridized carbons (Fsp3) is 0.174. The number of pyridine rings is 1. The number of halogens is 1. The third kappa shape index (κ3) is 3.38. The first kappa shape index (κ1) is 17.6. The monoisotopic (exact) mass is 387 g/mol. The van der Waals surface area contributed by atoms with Gasteiger partial charge in [0.15, 0.2) is 0 Å². The number of aromatic nitrogens is 2. The molecule has 0 spiro atoms. The topological polar surface area (TPSA) is 68.0 Å². The number of nitrogens with one attached hydrogen (secondary N) is 1. The van der Waals surface area contributed by atoms with E-state index in [1.807, 2.05) is 37.3 Å². The molecule has 0 saturated heterocycles. The van der Waals surface area contributed by atoms with Crippen LogP contribution in [0.25, 0.3) is 22.4 Å². The number of anilines is 1. The molecule has 0 atom stereocenters. The van der Waals surface area contributed by atoms with E-state index in [0.717, 1.165) is 24.1 Å². The molecule has 5 nitrogen and oxygen atoms in total. The van der Waals surface area contributed by atoms with Crippen molar-refractivity contribution < 1.29 is 13.7 Å². The predicted molar refractivity (Wildman–Crippen MR) is 108 cm³/mol. The van der Waals surface area contributed by atoms with Gasteiger partial charge < -0.3 is 9.84 Å². The molecule has 1 aliphatic rings. The van der Waals surface area contributed by atoms with Crippen molar-refractivity contribution >= 4 is 22.7 Å².